The van der Waals surface area contributed by atoms with Crippen LogP contribution in [0.4, 0.5) is 11.4 Å². The standard InChI is InChI=1S/C13H14N4O4/c1-2-3-7-21-13(18)12(9-14)16-15-10-5-4-6-11(8-10)17(19)20/h4-6,8,15H,2-3,7H2,1H3/b16-12-. The summed E-state index contributed by atoms with van der Waals surface area (Å²) in [6, 6.07) is 7.15. The zero-order valence-corrected chi connectivity index (χ0v) is 11.4. The number of anilines is 1. The van der Waals surface area contributed by atoms with Crippen LogP contribution >= 0.6 is 0 Å². The van der Waals surface area contributed by atoms with E-state index in [1.165, 1.54) is 24.3 Å². The number of rotatable bonds is 7. The molecule has 0 heterocycles. The van der Waals surface area contributed by atoms with Crippen molar-refractivity contribution >= 4 is 23.1 Å². The van der Waals surface area contributed by atoms with Crippen LogP contribution in [0.5, 0.6) is 0 Å². The van der Waals surface area contributed by atoms with Gasteiger partial charge in [0.15, 0.2) is 0 Å². The number of nitriles is 1. The molecule has 0 atom stereocenters. The molecule has 0 spiro atoms. The lowest BCUT2D eigenvalue weighted by Gasteiger charge is -2.03. The second kappa shape index (κ2) is 8.27. The summed E-state index contributed by atoms with van der Waals surface area (Å²) in [5.41, 5.74) is 2.14. The SMILES string of the molecule is CCCCOC(=O)/C(C#N)=N\Nc1cccc([N+](=O)[O-])c1. The lowest BCUT2D eigenvalue weighted by Crippen LogP contribution is -2.18. The molecular formula is C13H14N4O4. The number of benzene rings is 1. The Bertz CT molecular complexity index is 592. The zero-order chi connectivity index (χ0) is 15.7. The molecule has 21 heavy (non-hydrogen) atoms. The lowest BCUT2D eigenvalue weighted by molar-refractivity contribution is -0.384. The van der Waals surface area contributed by atoms with Crippen molar-refractivity contribution in [2.24, 2.45) is 5.10 Å². The number of nitrogens with one attached hydrogen (secondary N) is 1. The third-order valence-corrected chi connectivity index (χ3v) is 2.38. The van der Waals surface area contributed by atoms with Crippen LogP contribution in [0.15, 0.2) is 29.4 Å². The van der Waals surface area contributed by atoms with Crippen LogP contribution in [0, 0.1) is 21.4 Å². The molecule has 0 amide bonds. The van der Waals surface area contributed by atoms with Gasteiger partial charge in [0.2, 0.25) is 5.71 Å². The number of hydrogen-bond acceptors (Lipinski definition) is 7. The molecule has 0 saturated heterocycles. The lowest BCUT2D eigenvalue weighted by atomic mass is 10.3. The maximum Gasteiger partial charge on any atom is 0.369 e. The minimum atomic E-state index is -0.830. The number of carbonyl (C=O) groups excluding carboxylic acids is 1. The number of nitro groups is 1. The first-order valence-electron chi connectivity index (χ1n) is 6.23. The largest absolute Gasteiger partial charge is 0.460 e. The van der Waals surface area contributed by atoms with E-state index in [-0.39, 0.29) is 12.3 Å². The summed E-state index contributed by atoms with van der Waals surface area (Å²) >= 11 is 0. The van der Waals surface area contributed by atoms with Gasteiger partial charge in [0.05, 0.1) is 17.2 Å². The van der Waals surface area contributed by atoms with Gasteiger partial charge in [-0.25, -0.2) is 4.79 Å². The summed E-state index contributed by atoms with van der Waals surface area (Å²) < 4.78 is 4.85. The Morgan fingerprint density at radius 1 is 1.57 bits per heavy atom. The summed E-state index contributed by atoms with van der Waals surface area (Å²) in [7, 11) is 0. The number of hydrazone groups is 1. The molecule has 0 fully saturated rings. The maximum atomic E-state index is 11.5. The number of ether oxygens (including phenoxy) is 1. The van der Waals surface area contributed by atoms with E-state index in [4.69, 9.17) is 10.00 Å². The van der Waals surface area contributed by atoms with Gasteiger partial charge in [-0.2, -0.15) is 10.4 Å². The minimum absolute atomic E-state index is 0.126. The highest BCUT2D eigenvalue weighted by Crippen LogP contribution is 2.16. The molecule has 1 rings (SSSR count). The third kappa shape index (κ3) is 5.28. The molecule has 0 aliphatic rings. The van der Waals surface area contributed by atoms with Crippen molar-refractivity contribution < 1.29 is 14.5 Å². The molecule has 8 nitrogen and oxygen atoms in total. The van der Waals surface area contributed by atoms with Crippen molar-refractivity contribution in [2.45, 2.75) is 19.8 Å². The monoisotopic (exact) mass is 290 g/mol. The average Bonchev–Trinajstić information content (AvgIpc) is 2.48. The van der Waals surface area contributed by atoms with Gasteiger partial charge in [-0.3, -0.25) is 15.5 Å². The topological polar surface area (TPSA) is 118 Å². The molecule has 0 bridgehead atoms. The predicted octanol–water partition coefficient (Wildman–Crippen LogP) is 2.23. The number of esters is 1. The highest BCUT2D eigenvalue weighted by atomic mass is 16.6. The van der Waals surface area contributed by atoms with Crippen molar-refractivity contribution in [3.63, 3.8) is 0 Å². The zero-order valence-electron chi connectivity index (χ0n) is 11.4. The first-order valence-corrected chi connectivity index (χ1v) is 6.23. The summed E-state index contributed by atoms with van der Waals surface area (Å²) in [5.74, 6) is -0.830. The van der Waals surface area contributed by atoms with Crippen molar-refractivity contribution in [1.29, 1.82) is 5.26 Å². The van der Waals surface area contributed by atoms with E-state index in [2.05, 4.69) is 10.5 Å². The van der Waals surface area contributed by atoms with E-state index in [1.54, 1.807) is 6.07 Å². The van der Waals surface area contributed by atoms with Gasteiger partial charge in [0.25, 0.3) is 5.69 Å². The third-order valence-electron chi connectivity index (χ3n) is 2.38. The van der Waals surface area contributed by atoms with Gasteiger partial charge in [-0.15, -0.1) is 0 Å². The number of nitro benzene ring substituents is 1. The fraction of sp³-hybridized carbons (Fsp3) is 0.308. The van der Waals surface area contributed by atoms with Crippen LogP contribution in [0.3, 0.4) is 0 Å². The van der Waals surface area contributed by atoms with E-state index >= 15 is 0 Å². The molecule has 0 aliphatic heterocycles. The van der Waals surface area contributed by atoms with Crippen molar-refractivity contribution in [3.8, 4) is 6.07 Å². The molecule has 0 saturated carbocycles. The number of unbranched alkanes of at least 4 members (excludes halogenated alkanes) is 1. The van der Waals surface area contributed by atoms with E-state index in [0.717, 1.165) is 6.42 Å². The van der Waals surface area contributed by atoms with Crippen molar-refractivity contribution in [1.82, 2.24) is 0 Å². The van der Waals surface area contributed by atoms with E-state index in [9.17, 15) is 14.9 Å². The van der Waals surface area contributed by atoms with Crippen LogP contribution in [0.1, 0.15) is 19.8 Å². The molecule has 8 heteroatoms. The van der Waals surface area contributed by atoms with E-state index < -0.39 is 16.6 Å². The Labute approximate surface area is 121 Å². The smallest absolute Gasteiger partial charge is 0.369 e. The second-order valence-corrected chi connectivity index (χ2v) is 3.98. The maximum absolute atomic E-state index is 11.5. The van der Waals surface area contributed by atoms with E-state index in [1.807, 2.05) is 6.92 Å². The van der Waals surface area contributed by atoms with Crippen molar-refractivity contribution in [2.75, 3.05) is 12.0 Å². The van der Waals surface area contributed by atoms with Gasteiger partial charge in [-0.1, -0.05) is 19.4 Å². The summed E-state index contributed by atoms with van der Waals surface area (Å²) in [5, 5.41) is 23.1. The molecule has 0 radical (unpaired) electrons. The van der Waals surface area contributed by atoms with Crippen molar-refractivity contribution in [3.05, 3.63) is 34.4 Å². The fourth-order valence-corrected chi connectivity index (χ4v) is 1.30. The van der Waals surface area contributed by atoms with Gasteiger partial charge < -0.3 is 4.74 Å². The Hall–Kier alpha value is -2.95. The van der Waals surface area contributed by atoms with Gasteiger partial charge in [-0.05, 0) is 12.5 Å². The molecule has 110 valence electrons. The van der Waals surface area contributed by atoms with Crippen LogP contribution in [0.2, 0.25) is 0 Å². The molecule has 0 unspecified atom stereocenters. The van der Waals surface area contributed by atoms with Crippen LogP contribution < -0.4 is 5.43 Å². The summed E-state index contributed by atoms with van der Waals surface area (Å²) in [6.07, 6.45) is 1.56. The number of hydrogen-bond donors (Lipinski definition) is 1. The number of carbonyl (C=O) groups is 1. The quantitative estimate of drug-likeness (QED) is 0.270. The van der Waals surface area contributed by atoms with Gasteiger partial charge in [0, 0.05) is 12.1 Å². The minimum Gasteiger partial charge on any atom is -0.460 e. The first kappa shape index (κ1) is 16.1. The molecule has 0 aliphatic carbocycles. The van der Waals surface area contributed by atoms with Crippen LogP contribution in [-0.4, -0.2) is 23.2 Å². The van der Waals surface area contributed by atoms with Crippen LogP contribution in [0.25, 0.3) is 0 Å². The highest BCUT2D eigenvalue weighted by Gasteiger charge is 2.13. The Morgan fingerprint density at radius 2 is 2.33 bits per heavy atom. The van der Waals surface area contributed by atoms with Crippen LogP contribution in [-0.2, 0) is 9.53 Å². The number of non-ortho nitro benzene ring substituents is 1. The second-order valence-electron chi connectivity index (χ2n) is 3.98. The summed E-state index contributed by atoms with van der Waals surface area (Å²) in [6.45, 7) is 2.16. The molecule has 1 N–H and O–H groups in total. The average molecular weight is 290 g/mol. The Balaban J connectivity index is 2.72. The van der Waals surface area contributed by atoms with Gasteiger partial charge >= 0.3 is 5.97 Å². The first-order chi connectivity index (χ1) is 10.1. The Kier molecular flexibility index (Phi) is 6.34. The summed E-state index contributed by atoms with van der Waals surface area (Å²) in [4.78, 5) is 21.6. The predicted molar refractivity (Wildman–Crippen MR) is 75.6 cm³/mol. The molecule has 1 aromatic rings. The van der Waals surface area contributed by atoms with Gasteiger partial charge in [0.1, 0.15) is 6.07 Å². The normalized spacial score (nSPS) is 10.6. The molecule has 1 aromatic carbocycles. The highest BCUT2D eigenvalue weighted by molar-refractivity contribution is 6.43. The molecule has 0 aromatic heterocycles. The Morgan fingerprint density at radius 3 is 2.95 bits per heavy atom. The number of nitrogens with zero attached hydrogens (tertiary/aromatic N) is 3. The van der Waals surface area contributed by atoms with E-state index in [0.29, 0.717) is 12.1 Å². The fourth-order valence-electron chi connectivity index (χ4n) is 1.30. The molecular weight excluding hydrogens is 276 g/mol.